The molecule has 0 spiro atoms. The molecular weight excluding hydrogens is 199 g/mol. The molecule has 1 aromatic carbocycles. The van der Waals surface area contributed by atoms with Gasteiger partial charge in [0.2, 0.25) is 0 Å². The lowest BCUT2D eigenvalue weighted by molar-refractivity contribution is 0.625. The molecule has 0 fully saturated rings. The van der Waals surface area contributed by atoms with Gasteiger partial charge >= 0.3 is 0 Å². The van der Waals surface area contributed by atoms with E-state index in [0.717, 1.165) is 31.2 Å². The predicted octanol–water partition coefficient (Wildman–Crippen LogP) is 4.17. The standard InChI is InChI=1S/C12H16ClF/c1-2-3-11(13)7-4-10-5-8-12(14)9-6-10/h5-6,8-9,11H,2-4,7H2,1H3. The lowest BCUT2D eigenvalue weighted by Gasteiger charge is -2.07. The van der Waals surface area contributed by atoms with Crippen LogP contribution in [0.2, 0.25) is 0 Å². The lowest BCUT2D eigenvalue weighted by atomic mass is 10.1. The summed E-state index contributed by atoms with van der Waals surface area (Å²) in [5, 5.41) is 0.255. The Morgan fingerprint density at radius 2 is 1.86 bits per heavy atom. The topological polar surface area (TPSA) is 0 Å². The van der Waals surface area contributed by atoms with Crippen molar-refractivity contribution in [3.63, 3.8) is 0 Å². The molecule has 0 saturated heterocycles. The first-order valence-electron chi connectivity index (χ1n) is 5.11. The summed E-state index contributed by atoms with van der Waals surface area (Å²) in [6.07, 6.45) is 4.09. The summed E-state index contributed by atoms with van der Waals surface area (Å²) in [5.74, 6) is -0.176. The second-order valence-electron chi connectivity index (χ2n) is 3.55. The monoisotopic (exact) mass is 214 g/mol. The van der Waals surface area contributed by atoms with Crippen LogP contribution in [0.15, 0.2) is 24.3 Å². The average Bonchev–Trinajstić information content (AvgIpc) is 2.17. The minimum atomic E-state index is -0.176. The van der Waals surface area contributed by atoms with E-state index in [1.54, 1.807) is 0 Å². The third-order valence-corrected chi connectivity index (χ3v) is 2.70. The number of hydrogen-bond donors (Lipinski definition) is 0. The van der Waals surface area contributed by atoms with Crippen molar-refractivity contribution in [3.8, 4) is 0 Å². The molecular formula is C12H16ClF. The third kappa shape index (κ3) is 4.10. The van der Waals surface area contributed by atoms with Gasteiger partial charge in [0.25, 0.3) is 0 Å². The van der Waals surface area contributed by atoms with Gasteiger partial charge < -0.3 is 0 Å². The maximum absolute atomic E-state index is 12.6. The molecule has 2 heteroatoms. The van der Waals surface area contributed by atoms with Crippen LogP contribution in [0.4, 0.5) is 4.39 Å². The highest BCUT2D eigenvalue weighted by atomic mass is 35.5. The molecule has 0 N–H and O–H groups in total. The summed E-state index contributed by atoms with van der Waals surface area (Å²) in [5.41, 5.74) is 1.16. The van der Waals surface area contributed by atoms with Crippen LogP contribution in [0.25, 0.3) is 0 Å². The number of aryl methyl sites for hydroxylation is 1. The van der Waals surface area contributed by atoms with Crippen LogP contribution in [0.1, 0.15) is 31.7 Å². The van der Waals surface area contributed by atoms with Crippen molar-refractivity contribution >= 4 is 11.6 Å². The van der Waals surface area contributed by atoms with Crippen LogP contribution in [0, 0.1) is 5.82 Å². The molecule has 0 aromatic heterocycles. The van der Waals surface area contributed by atoms with E-state index in [0.29, 0.717) is 0 Å². The highest BCUT2D eigenvalue weighted by molar-refractivity contribution is 6.20. The second-order valence-corrected chi connectivity index (χ2v) is 4.17. The summed E-state index contributed by atoms with van der Waals surface area (Å²) in [4.78, 5) is 0. The van der Waals surface area contributed by atoms with Crippen molar-refractivity contribution < 1.29 is 4.39 Å². The van der Waals surface area contributed by atoms with Gasteiger partial charge in [0.15, 0.2) is 0 Å². The Morgan fingerprint density at radius 3 is 2.43 bits per heavy atom. The number of halogens is 2. The van der Waals surface area contributed by atoms with Crippen LogP contribution in [0.3, 0.4) is 0 Å². The molecule has 0 nitrogen and oxygen atoms in total. The fourth-order valence-corrected chi connectivity index (χ4v) is 1.76. The molecule has 1 rings (SSSR count). The van der Waals surface area contributed by atoms with Crippen LogP contribution in [-0.4, -0.2) is 5.38 Å². The van der Waals surface area contributed by atoms with Crippen molar-refractivity contribution in [1.29, 1.82) is 0 Å². The van der Waals surface area contributed by atoms with Crippen molar-refractivity contribution in [2.45, 2.75) is 38.0 Å². The fraction of sp³-hybridized carbons (Fsp3) is 0.500. The Balaban J connectivity index is 2.34. The number of hydrogen-bond acceptors (Lipinski definition) is 0. The maximum atomic E-state index is 12.6. The Kier molecular flexibility index (Phi) is 4.95. The Hall–Kier alpha value is -0.560. The quantitative estimate of drug-likeness (QED) is 0.646. The van der Waals surface area contributed by atoms with Gasteiger partial charge in [-0.1, -0.05) is 25.5 Å². The zero-order valence-electron chi connectivity index (χ0n) is 8.47. The summed E-state index contributed by atoms with van der Waals surface area (Å²) in [6, 6.07) is 6.65. The molecule has 0 bridgehead atoms. The molecule has 0 amide bonds. The first kappa shape index (κ1) is 11.5. The zero-order valence-corrected chi connectivity index (χ0v) is 9.23. The van der Waals surface area contributed by atoms with Crippen LogP contribution in [-0.2, 0) is 6.42 Å². The summed E-state index contributed by atoms with van der Waals surface area (Å²) in [6.45, 7) is 2.13. The second kappa shape index (κ2) is 6.02. The minimum absolute atomic E-state index is 0.176. The molecule has 0 aliphatic heterocycles. The zero-order chi connectivity index (χ0) is 10.4. The van der Waals surface area contributed by atoms with Gasteiger partial charge in [-0.3, -0.25) is 0 Å². The smallest absolute Gasteiger partial charge is 0.123 e. The molecule has 1 aromatic rings. The molecule has 1 unspecified atom stereocenters. The highest BCUT2D eigenvalue weighted by Crippen LogP contribution is 2.14. The number of alkyl halides is 1. The molecule has 0 radical (unpaired) electrons. The van der Waals surface area contributed by atoms with Gasteiger partial charge in [-0.05, 0) is 37.0 Å². The van der Waals surface area contributed by atoms with Crippen molar-refractivity contribution in [2.24, 2.45) is 0 Å². The lowest BCUT2D eigenvalue weighted by Crippen LogP contribution is -1.99. The van der Waals surface area contributed by atoms with Crippen molar-refractivity contribution in [3.05, 3.63) is 35.6 Å². The van der Waals surface area contributed by atoms with Gasteiger partial charge in [-0.15, -0.1) is 11.6 Å². The first-order valence-corrected chi connectivity index (χ1v) is 5.54. The van der Waals surface area contributed by atoms with Crippen LogP contribution in [0.5, 0.6) is 0 Å². The van der Waals surface area contributed by atoms with Crippen molar-refractivity contribution in [2.75, 3.05) is 0 Å². The molecule has 0 saturated carbocycles. The molecule has 1 atom stereocenters. The minimum Gasteiger partial charge on any atom is -0.207 e. The van der Waals surface area contributed by atoms with Gasteiger partial charge in [-0.25, -0.2) is 4.39 Å². The molecule has 14 heavy (non-hydrogen) atoms. The van der Waals surface area contributed by atoms with E-state index in [9.17, 15) is 4.39 Å². The van der Waals surface area contributed by atoms with Gasteiger partial charge in [0.1, 0.15) is 5.82 Å². The van der Waals surface area contributed by atoms with Gasteiger partial charge in [-0.2, -0.15) is 0 Å². The largest absolute Gasteiger partial charge is 0.207 e. The SMILES string of the molecule is CCCC(Cl)CCc1ccc(F)cc1. The predicted molar refractivity (Wildman–Crippen MR) is 59.3 cm³/mol. The molecule has 78 valence electrons. The Bertz CT molecular complexity index is 256. The van der Waals surface area contributed by atoms with Gasteiger partial charge in [0.05, 0.1) is 0 Å². The van der Waals surface area contributed by atoms with E-state index in [4.69, 9.17) is 11.6 Å². The van der Waals surface area contributed by atoms with E-state index >= 15 is 0 Å². The third-order valence-electron chi connectivity index (χ3n) is 2.26. The summed E-state index contributed by atoms with van der Waals surface area (Å²) < 4.78 is 12.6. The summed E-state index contributed by atoms with van der Waals surface area (Å²) >= 11 is 6.09. The molecule has 0 aliphatic rings. The molecule has 0 aliphatic carbocycles. The van der Waals surface area contributed by atoms with E-state index in [2.05, 4.69) is 6.92 Å². The number of rotatable bonds is 5. The van der Waals surface area contributed by atoms with E-state index in [1.165, 1.54) is 12.1 Å². The Labute approximate surface area is 90.1 Å². The van der Waals surface area contributed by atoms with Crippen LogP contribution < -0.4 is 0 Å². The highest BCUT2D eigenvalue weighted by Gasteiger charge is 2.03. The van der Waals surface area contributed by atoms with Crippen LogP contribution >= 0.6 is 11.6 Å². The van der Waals surface area contributed by atoms with E-state index < -0.39 is 0 Å². The Morgan fingerprint density at radius 1 is 1.21 bits per heavy atom. The maximum Gasteiger partial charge on any atom is 0.123 e. The van der Waals surface area contributed by atoms with Crippen molar-refractivity contribution in [1.82, 2.24) is 0 Å². The van der Waals surface area contributed by atoms with E-state index in [-0.39, 0.29) is 11.2 Å². The molecule has 0 heterocycles. The van der Waals surface area contributed by atoms with Gasteiger partial charge in [0, 0.05) is 5.38 Å². The summed E-state index contributed by atoms with van der Waals surface area (Å²) in [7, 11) is 0. The number of benzene rings is 1. The normalized spacial score (nSPS) is 12.8. The first-order chi connectivity index (χ1) is 6.72. The van der Waals surface area contributed by atoms with E-state index in [1.807, 2.05) is 12.1 Å². The fourth-order valence-electron chi connectivity index (χ4n) is 1.43. The average molecular weight is 215 g/mol.